The molecule has 1 unspecified atom stereocenters. The van der Waals surface area contributed by atoms with Crippen LogP contribution in [0.3, 0.4) is 0 Å². The molecule has 0 aliphatic rings. The van der Waals surface area contributed by atoms with Crippen LogP contribution < -0.4 is 11.1 Å². The number of hydrogen-bond donors (Lipinski definition) is 2. The fraction of sp³-hybridized carbons (Fsp3) is 0.636. The van der Waals surface area contributed by atoms with Gasteiger partial charge in [-0.25, -0.2) is 4.98 Å². The SMILES string of the molecule is Cc1nccn1CCNC(=O)C(N)C(C)C. The topological polar surface area (TPSA) is 72.9 Å². The van der Waals surface area contributed by atoms with Crippen LogP contribution in [0.15, 0.2) is 12.4 Å². The van der Waals surface area contributed by atoms with Gasteiger partial charge in [-0.3, -0.25) is 4.79 Å². The predicted molar refractivity (Wildman–Crippen MR) is 62.8 cm³/mol. The monoisotopic (exact) mass is 224 g/mol. The highest BCUT2D eigenvalue weighted by atomic mass is 16.2. The molecule has 0 aliphatic heterocycles. The number of nitrogens with one attached hydrogen (secondary N) is 1. The summed E-state index contributed by atoms with van der Waals surface area (Å²) in [6, 6.07) is -0.427. The molecule has 1 heterocycles. The highest BCUT2D eigenvalue weighted by Crippen LogP contribution is 1.98. The van der Waals surface area contributed by atoms with E-state index < -0.39 is 6.04 Å². The van der Waals surface area contributed by atoms with Crippen molar-refractivity contribution in [1.29, 1.82) is 0 Å². The third-order valence-electron chi connectivity index (χ3n) is 2.60. The summed E-state index contributed by atoms with van der Waals surface area (Å²) in [4.78, 5) is 15.6. The molecule has 0 fully saturated rings. The van der Waals surface area contributed by atoms with Gasteiger partial charge in [0.15, 0.2) is 0 Å². The number of imidazole rings is 1. The minimum absolute atomic E-state index is 0.0900. The Labute approximate surface area is 96.0 Å². The maximum absolute atomic E-state index is 11.5. The molecule has 0 bridgehead atoms. The van der Waals surface area contributed by atoms with Gasteiger partial charge in [-0.2, -0.15) is 0 Å². The molecule has 0 aliphatic carbocycles. The lowest BCUT2D eigenvalue weighted by Crippen LogP contribution is -2.44. The highest BCUT2D eigenvalue weighted by Gasteiger charge is 2.16. The van der Waals surface area contributed by atoms with Crippen LogP contribution in [0.4, 0.5) is 0 Å². The number of carbonyl (C=O) groups is 1. The zero-order valence-corrected chi connectivity index (χ0v) is 10.1. The summed E-state index contributed by atoms with van der Waals surface area (Å²) in [5.74, 6) is 1.02. The molecular weight excluding hydrogens is 204 g/mol. The Morgan fingerprint density at radius 3 is 2.81 bits per heavy atom. The maximum atomic E-state index is 11.5. The second-order valence-corrected chi connectivity index (χ2v) is 4.23. The molecule has 3 N–H and O–H groups in total. The molecular formula is C11H20N4O. The molecule has 1 rings (SSSR count). The number of nitrogens with two attached hydrogens (primary N) is 1. The molecule has 1 aromatic heterocycles. The van der Waals surface area contributed by atoms with E-state index in [-0.39, 0.29) is 11.8 Å². The molecule has 1 atom stereocenters. The highest BCUT2D eigenvalue weighted by molar-refractivity contribution is 5.81. The van der Waals surface area contributed by atoms with Crippen molar-refractivity contribution < 1.29 is 4.79 Å². The first-order chi connectivity index (χ1) is 7.52. The van der Waals surface area contributed by atoms with Gasteiger partial charge in [-0.05, 0) is 12.8 Å². The number of rotatable bonds is 5. The Balaban J connectivity index is 2.31. The van der Waals surface area contributed by atoms with Crippen molar-refractivity contribution in [3.8, 4) is 0 Å². The quantitative estimate of drug-likeness (QED) is 0.755. The van der Waals surface area contributed by atoms with E-state index in [1.807, 2.05) is 31.5 Å². The van der Waals surface area contributed by atoms with Gasteiger partial charge in [0.1, 0.15) is 5.82 Å². The number of amides is 1. The van der Waals surface area contributed by atoms with Crippen molar-refractivity contribution in [2.75, 3.05) is 6.54 Å². The van der Waals surface area contributed by atoms with Crippen LogP contribution in [0.2, 0.25) is 0 Å². The van der Waals surface area contributed by atoms with E-state index in [0.717, 1.165) is 12.4 Å². The normalized spacial score (nSPS) is 12.8. The van der Waals surface area contributed by atoms with Gasteiger partial charge in [0.05, 0.1) is 6.04 Å². The van der Waals surface area contributed by atoms with Gasteiger partial charge in [0, 0.05) is 25.5 Å². The average Bonchev–Trinajstić information content (AvgIpc) is 2.63. The Morgan fingerprint density at radius 1 is 1.62 bits per heavy atom. The van der Waals surface area contributed by atoms with E-state index in [0.29, 0.717) is 6.54 Å². The molecule has 5 heteroatoms. The molecule has 1 amide bonds. The van der Waals surface area contributed by atoms with Crippen LogP contribution in [0.1, 0.15) is 19.7 Å². The Hall–Kier alpha value is -1.36. The van der Waals surface area contributed by atoms with E-state index in [1.54, 1.807) is 6.20 Å². The number of hydrogen-bond acceptors (Lipinski definition) is 3. The average molecular weight is 224 g/mol. The molecule has 16 heavy (non-hydrogen) atoms. The van der Waals surface area contributed by atoms with Crippen molar-refractivity contribution in [3.63, 3.8) is 0 Å². The van der Waals surface area contributed by atoms with E-state index >= 15 is 0 Å². The summed E-state index contributed by atoms with van der Waals surface area (Å²) in [5.41, 5.74) is 5.72. The molecule has 0 aromatic carbocycles. The minimum atomic E-state index is -0.427. The summed E-state index contributed by atoms with van der Waals surface area (Å²) < 4.78 is 1.99. The second-order valence-electron chi connectivity index (χ2n) is 4.23. The maximum Gasteiger partial charge on any atom is 0.237 e. The van der Waals surface area contributed by atoms with Gasteiger partial charge in [-0.1, -0.05) is 13.8 Å². The van der Waals surface area contributed by atoms with Crippen LogP contribution in [0.25, 0.3) is 0 Å². The van der Waals surface area contributed by atoms with Crippen molar-refractivity contribution in [2.24, 2.45) is 11.7 Å². The van der Waals surface area contributed by atoms with Crippen LogP contribution in [-0.4, -0.2) is 28.0 Å². The largest absolute Gasteiger partial charge is 0.353 e. The minimum Gasteiger partial charge on any atom is -0.353 e. The fourth-order valence-electron chi connectivity index (χ4n) is 1.36. The lowest BCUT2D eigenvalue weighted by Gasteiger charge is -2.15. The predicted octanol–water partition coefficient (Wildman–Crippen LogP) is 0.291. The van der Waals surface area contributed by atoms with Gasteiger partial charge in [0.2, 0.25) is 5.91 Å². The zero-order valence-electron chi connectivity index (χ0n) is 10.1. The van der Waals surface area contributed by atoms with E-state index in [4.69, 9.17) is 5.73 Å². The first-order valence-corrected chi connectivity index (χ1v) is 5.53. The van der Waals surface area contributed by atoms with Crippen LogP contribution in [0, 0.1) is 12.8 Å². The van der Waals surface area contributed by atoms with Crippen molar-refractivity contribution in [1.82, 2.24) is 14.9 Å². The summed E-state index contributed by atoms with van der Waals surface area (Å²) >= 11 is 0. The second kappa shape index (κ2) is 5.65. The lowest BCUT2D eigenvalue weighted by molar-refractivity contribution is -0.123. The first kappa shape index (κ1) is 12.7. The molecule has 1 aromatic rings. The van der Waals surface area contributed by atoms with Crippen LogP contribution in [0.5, 0.6) is 0 Å². The third kappa shape index (κ3) is 3.34. The van der Waals surface area contributed by atoms with E-state index in [2.05, 4.69) is 10.3 Å². The molecule has 5 nitrogen and oxygen atoms in total. The molecule has 0 saturated heterocycles. The smallest absolute Gasteiger partial charge is 0.237 e. The Bertz CT molecular complexity index is 346. The van der Waals surface area contributed by atoms with Gasteiger partial charge >= 0.3 is 0 Å². The summed E-state index contributed by atoms with van der Waals surface area (Å²) in [5, 5.41) is 2.82. The molecule has 0 radical (unpaired) electrons. The molecule has 0 saturated carbocycles. The molecule has 90 valence electrons. The Kier molecular flexibility index (Phi) is 4.49. The fourth-order valence-corrected chi connectivity index (χ4v) is 1.36. The van der Waals surface area contributed by atoms with Crippen LogP contribution in [-0.2, 0) is 11.3 Å². The summed E-state index contributed by atoms with van der Waals surface area (Å²) in [6.07, 6.45) is 3.64. The third-order valence-corrected chi connectivity index (χ3v) is 2.60. The van der Waals surface area contributed by atoms with Gasteiger partial charge in [0.25, 0.3) is 0 Å². The van der Waals surface area contributed by atoms with Gasteiger partial charge < -0.3 is 15.6 Å². The summed E-state index contributed by atoms with van der Waals surface area (Å²) in [7, 11) is 0. The number of aromatic nitrogens is 2. The van der Waals surface area contributed by atoms with E-state index in [9.17, 15) is 4.79 Å². The number of aryl methyl sites for hydroxylation is 1. The lowest BCUT2D eigenvalue weighted by atomic mass is 10.1. The number of nitrogens with zero attached hydrogens (tertiary/aromatic N) is 2. The standard InChI is InChI=1S/C11H20N4O/c1-8(2)10(12)11(16)14-5-7-15-6-4-13-9(15)3/h4,6,8,10H,5,7,12H2,1-3H3,(H,14,16). The van der Waals surface area contributed by atoms with Crippen molar-refractivity contribution in [3.05, 3.63) is 18.2 Å². The van der Waals surface area contributed by atoms with Crippen molar-refractivity contribution >= 4 is 5.91 Å². The number of carbonyl (C=O) groups excluding carboxylic acids is 1. The van der Waals surface area contributed by atoms with Gasteiger partial charge in [-0.15, -0.1) is 0 Å². The van der Waals surface area contributed by atoms with Crippen LogP contribution >= 0.6 is 0 Å². The zero-order chi connectivity index (χ0) is 12.1. The van der Waals surface area contributed by atoms with E-state index in [1.165, 1.54) is 0 Å². The van der Waals surface area contributed by atoms with Crippen molar-refractivity contribution in [2.45, 2.75) is 33.4 Å². The summed E-state index contributed by atoms with van der Waals surface area (Å²) in [6.45, 7) is 7.11. The first-order valence-electron chi connectivity index (χ1n) is 5.53. The molecule has 0 spiro atoms. The Morgan fingerprint density at radius 2 is 2.31 bits per heavy atom.